The Bertz CT molecular complexity index is 178. The Kier molecular flexibility index (Phi) is 4.22. The average molecular weight is 184 g/mol. The summed E-state index contributed by atoms with van der Waals surface area (Å²) in [5.41, 5.74) is 1.21. The van der Waals surface area contributed by atoms with Crippen LogP contribution in [-0.4, -0.2) is 36.9 Å². The summed E-state index contributed by atoms with van der Waals surface area (Å²) < 4.78 is 0. The van der Waals surface area contributed by atoms with Crippen molar-refractivity contribution in [2.45, 2.75) is 39.2 Å². The van der Waals surface area contributed by atoms with Gasteiger partial charge in [-0.3, -0.25) is 0 Å². The maximum absolute atomic E-state index is 4.80. The second-order valence-corrected chi connectivity index (χ2v) is 3.82. The Morgan fingerprint density at radius 1 is 1.31 bits per heavy atom. The van der Waals surface area contributed by atoms with Crippen LogP contribution in [0.5, 0.6) is 0 Å². The van der Waals surface area contributed by atoms with Gasteiger partial charge in [-0.25, -0.2) is 0 Å². The minimum Gasteiger partial charge on any atom is -0.399 e. The van der Waals surface area contributed by atoms with E-state index >= 15 is 0 Å². The van der Waals surface area contributed by atoms with Crippen molar-refractivity contribution >= 4 is 5.71 Å². The number of nitrogens with zero attached hydrogens (tertiary/aromatic N) is 2. The van der Waals surface area contributed by atoms with E-state index in [1.165, 1.54) is 18.7 Å². The third-order valence-corrected chi connectivity index (χ3v) is 2.55. The van der Waals surface area contributed by atoms with Crippen LogP contribution in [0, 0.1) is 0 Å². The van der Waals surface area contributed by atoms with Gasteiger partial charge in [-0.15, -0.1) is 0 Å². The van der Waals surface area contributed by atoms with Crippen molar-refractivity contribution in [3.05, 3.63) is 0 Å². The van der Waals surface area contributed by atoms with E-state index < -0.39 is 0 Å². The molecule has 0 aromatic heterocycles. The van der Waals surface area contributed by atoms with E-state index in [0.29, 0.717) is 6.04 Å². The smallest absolute Gasteiger partial charge is 0.106 e. The van der Waals surface area contributed by atoms with Gasteiger partial charge in [0.15, 0.2) is 0 Å². The molecule has 3 nitrogen and oxygen atoms in total. The standard InChI is InChI=1S/C10H20N2O/c1-9(2)12-7-4-5-10(6-8-12)11-13-3/h9H,4-8H2,1-3H3/b11-10-. The van der Waals surface area contributed by atoms with Crippen molar-refractivity contribution in [1.82, 2.24) is 4.90 Å². The van der Waals surface area contributed by atoms with Gasteiger partial charge in [0, 0.05) is 19.0 Å². The van der Waals surface area contributed by atoms with Crippen LogP contribution in [0.25, 0.3) is 0 Å². The molecule has 1 fully saturated rings. The first-order valence-electron chi connectivity index (χ1n) is 5.07. The van der Waals surface area contributed by atoms with Crippen LogP contribution in [0.3, 0.4) is 0 Å². The molecule has 0 amide bonds. The summed E-state index contributed by atoms with van der Waals surface area (Å²) in [7, 11) is 1.62. The molecule has 0 N–H and O–H groups in total. The van der Waals surface area contributed by atoms with Gasteiger partial charge in [-0.1, -0.05) is 5.16 Å². The predicted octanol–water partition coefficient (Wildman–Crippen LogP) is 1.88. The predicted molar refractivity (Wildman–Crippen MR) is 55.0 cm³/mol. The molecule has 0 aromatic rings. The largest absolute Gasteiger partial charge is 0.399 e. The van der Waals surface area contributed by atoms with E-state index in [2.05, 4.69) is 23.9 Å². The molecule has 1 rings (SSSR count). The summed E-state index contributed by atoms with van der Waals surface area (Å²) in [5.74, 6) is 0. The van der Waals surface area contributed by atoms with E-state index in [1.807, 2.05) is 0 Å². The molecule has 0 unspecified atom stereocenters. The molecule has 1 saturated heterocycles. The maximum Gasteiger partial charge on any atom is 0.106 e. The normalized spacial score (nSPS) is 23.5. The van der Waals surface area contributed by atoms with Gasteiger partial charge in [0.1, 0.15) is 7.11 Å². The molecule has 76 valence electrons. The summed E-state index contributed by atoms with van der Waals surface area (Å²) in [6.07, 6.45) is 3.36. The lowest BCUT2D eigenvalue weighted by Crippen LogP contribution is -2.31. The van der Waals surface area contributed by atoms with Crippen LogP contribution in [0.2, 0.25) is 0 Å². The monoisotopic (exact) mass is 184 g/mol. The Labute approximate surface area is 80.7 Å². The van der Waals surface area contributed by atoms with E-state index in [0.717, 1.165) is 19.4 Å². The summed E-state index contributed by atoms with van der Waals surface area (Å²) in [6.45, 7) is 6.82. The summed E-state index contributed by atoms with van der Waals surface area (Å²) in [4.78, 5) is 7.30. The molecule has 0 spiro atoms. The first kappa shape index (κ1) is 10.5. The van der Waals surface area contributed by atoms with Crippen LogP contribution < -0.4 is 0 Å². The van der Waals surface area contributed by atoms with Gasteiger partial charge in [0.25, 0.3) is 0 Å². The van der Waals surface area contributed by atoms with Gasteiger partial charge in [-0.2, -0.15) is 0 Å². The van der Waals surface area contributed by atoms with Gasteiger partial charge < -0.3 is 9.74 Å². The Morgan fingerprint density at radius 3 is 2.69 bits per heavy atom. The number of rotatable bonds is 2. The highest BCUT2D eigenvalue weighted by molar-refractivity contribution is 5.84. The zero-order chi connectivity index (χ0) is 9.68. The quantitative estimate of drug-likeness (QED) is 0.612. The van der Waals surface area contributed by atoms with Crippen LogP contribution in [0.15, 0.2) is 5.16 Å². The molecule has 1 aliphatic heterocycles. The third-order valence-electron chi connectivity index (χ3n) is 2.55. The summed E-state index contributed by atoms with van der Waals surface area (Å²) in [5, 5.41) is 4.03. The van der Waals surface area contributed by atoms with Crippen LogP contribution >= 0.6 is 0 Å². The molecule has 0 atom stereocenters. The Morgan fingerprint density at radius 2 is 2.08 bits per heavy atom. The zero-order valence-corrected chi connectivity index (χ0v) is 8.92. The molecule has 1 heterocycles. The topological polar surface area (TPSA) is 24.8 Å². The van der Waals surface area contributed by atoms with Crippen molar-refractivity contribution in [2.75, 3.05) is 20.2 Å². The van der Waals surface area contributed by atoms with Crippen molar-refractivity contribution < 1.29 is 4.84 Å². The second-order valence-electron chi connectivity index (χ2n) is 3.82. The van der Waals surface area contributed by atoms with Gasteiger partial charge in [0.05, 0.1) is 5.71 Å². The number of hydrogen-bond acceptors (Lipinski definition) is 3. The second kappa shape index (κ2) is 5.22. The fourth-order valence-electron chi connectivity index (χ4n) is 1.73. The summed E-state index contributed by atoms with van der Waals surface area (Å²) >= 11 is 0. The molecule has 0 aliphatic carbocycles. The average Bonchev–Trinajstić information content (AvgIpc) is 2.30. The Hall–Kier alpha value is -0.570. The van der Waals surface area contributed by atoms with E-state index in [9.17, 15) is 0 Å². The minimum absolute atomic E-state index is 0.655. The van der Waals surface area contributed by atoms with Crippen LogP contribution in [0.1, 0.15) is 33.1 Å². The van der Waals surface area contributed by atoms with Gasteiger partial charge in [0.2, 0.25) is 0 Å². The van der Waals surface area contributed by atoms with Crippen LogP contribution in [0.4, 0.5) is 0 Å². The fourth-order valence-corrected chi connectivity index (χ4v) is 1.73. The van der Waals surface area contributed by atoms with Gasteiger partial charge in [-0.05, 0) is 33.2 Å². The fraction of sp³-hybridized carbons (Fsp3) is 0.900. The SMILES string of the molecule is CO/N=C1/CCCN(C(C)C)CC1. The van der Waals surface area contributed by atoms with E-state index in [-0.39, 0.29) is 0 Å². The molecule has 0 aromatic carbocycles. The van der Waals surface area contributed by atoms with Crippen LogP contribution in [-0.2, 0) is 4.84 Å². The zero-order valence-electron chi connectivity index (χ0n) is 8.92. The number of oxime groups is 1. The molecular weight excluding hydrogens is 164 g/mol. The first-order chi connectivity index (χ1) is 6.24. The molecule has 3 heteroatoms. The molecular formula is C10H20N2O. The lowest BCUT2D eigenvalue weighted by atomic mass is 10.2. The van der Waals surface area contributed by atoms with Gasteiger partial charge >= 0.3 is 0 Å². The third kappa shape index (κ3) is 3.35. The van der Waals surface area contributed by atoms with Crippen molar-refractivity contribution in [3.8, 4) is 0 Å². The van der Waals surface area contributed by atoms with E-state index in [1.54, 1.807) is 7.11 Å². The highest BCUT2D eigenvalue weighted by Gasteiger charge is 2.15. The first-order valence-corrected chi connectivity index (χ1v) is 5.07. The molecule has 0 bridgehead atoms. The minimum atomic E-state index is 0.655. The highest BCUT2D eigenvalue weighted by atomic mass is 16.6. The number of likely N-dealkylation sites (tertiary alicyclic amines) is 1. The van der Waals surface area contributed by atoms with Crippen molar-refractivity contribution in [1.29, 1.82) is 0 Å². The van der Waals surface area contributed by atoms with E-state index in [4.69, 9.17) is 4.84 Å². The van der Waals surface area contributed by atoms with Crippen molar-refractivity contribution in [2.24, 2.45) is 5.16 Å². The lowest BCUT2D eigenvalue weighted by Gasteiger charge is -2.23. The lowest BCUT2D eigenvalue weighted by molar-refractivity contribution is 0.211. The highest BCUT2D eigenvalue weighted by Crippen LogP contribution is 2.10. The molecule has 1 aliphatic rings. The Balaban J connectivity index is 2.44. The molecule has 0 radical (unpaired) electrons. The van der Waals surface area contributed by atoms with Crippen molar-refractivity contribution in [3.63, 3.8) is 0 Å². The molecule has 13 heavy (non-hydrogen) atoms. The molecule has 0 saturated carbocycles. The maximum atomic E-state index is 4.80. The summed E-state index contributed by atoms with van der Waals surface area (Å²) in [6, 6.07) is 0.655. The number of hydrogen-bond donors (Lipinski definition) is 0.